The molecular formula is C28H21F4KO6S. The fourth-order valence-corrected chi connectivity index (χ4v) is 4.49. The molecule has 12 heteroatoms. The summed E-state index contributed by atoms with van der Waals surface area (Å²) in [5.41, 5.74) is 3.02. The molecule has 0 heterocycles. The van der Waals surface area contributed by atoms with Gasteiger partial charge in [0.15, 0.2) is 10.1 Å². The molecule has 40 heavy (non-hydrogen) atoms. The number of hydrogen-bond donors (Lipinski definition) is 2. The number of benzene rings is 4. The summed E-state index contributed by atoms with van der Waals surface area (Å²) in [5, 5.41) is 13.6. The van der Waals surface area contributed by atoms with Gasteiger partial charge in [0.05, 0.1) is 0 Å². The molecule has 0 atom stereocenters. The zero-order valence-electron chi connectivity index (χ0n) is 21.2. The average molecular weight is 601 g/mol. The van der Waals surface area contributed by atoms with Crippen LogP contribution in [0.5, 0.6) is 17.2 Å². The van der Waals surface area contributed by atoms with E-state index in [2.05, 4.69) is 4.74 Å². The topological polar surface area (TPSA) is 107 Å². The van der Waals surface area contributed by atoms with Gasteiger partial charge in [-0.2, -0.15) is 17.6 Å². The molecule has 0 aromatic heterocycles. The maximum Gasteiger partial charge on any atom is 1.00 e. The Morgan fingerprint density at radius 1 is 0.650 bits per heavy atom. The molecule has 0 aliphatic carbocycles. The van der Waals surface area contributed by atoms with Crippen molar-refractivity contribution in [1.82, 2.24) is 0 Å². The zero-order valence-corrected chi connectivity index (χ0v) is 25.1. The van der Waals surface area contributed by atoms with E-state index in [1.54, 1.807) is 60.7 Å². The van der Waals surface area contributed by atoms with Crippen LogP contribution in [0.3, 0.4) is 0 Å². The quantitative estimate of drug-likeness (QED) is 0.139. The first-order valence-corrected chi connectivity index (χ1v) is 12.8. The molecule has 0 fully saturated rings. The Kier molecular flexibility index (Phi) is 9.46. The molecule has 0 bridgehead atoms. The summed E-state index contributed by atoms with van der Waals surface area (Å²) in [7, 11) is -6.68. The fraction of sp³-hybridized carbons (Fsp3) is 0.143. The minimum atomic E-state index is -6.68. The van der Waals surface area contributed by atoms with E-state index in [4.69, 9.17) is 0 Å². The normalized spacial score (nSPS) is 12.4. The fourth-order valence-electron chi connectivity index (χ4n) is 4.15. The van der Waals surface area contributed by atoms with E-state index in [1.807, 2.05) is 19.1 Å². The Morgan fingerprint density at radius 3 is 1.32 bits per heavy atom. The van der Waals surface area contributed by atoms with Crippen molar-refractivity contribution in [2.45, 2.75) is 23.7 Å². The van der Waals surface area contributed by atoms with Crippen molar-refractivity contribution in [3.8, 4) is 28.4 Å². The number of hydrogen-bond acceptors (Lipinski definition) is 6. The van der Waals surface area contributed by atoms with Crippen LogP contribution in [0.15, 0.2) is 97.1 Å². The summed E-state index contributed by atoms with van der Waals surface area (Å²) in [6.07, 6.45) is -5.58. The van der Waals surface area contributed by atoms with Gasteiger partial charge < -0.3 is 19.5 Å². The molecular weight excluding hydrogens is 579 g/mol. The van der Waals surface area contributed by atoms with Crippen molar-refractivity contribution in [2.24, 2.45) is 0 Å². The van der Waals surface area contributed by atoms with Crippen molar-refractivity contribution >= 4 is 10.1 Å². The predicted molar refractivity (Wildman–Crippen MR) is 134 cm³/mol. The molecule has 0 radical (unpaired) electrons. The molecule has 4 aromatic rings. The van der Waals surface area contributed by atoms with Crippen LogP contribution in [0, 0.1) is 0 Å². The van der Waals surface area contributed by atoms with E-state index < -0.39 is 32.6 Å². The molecule has 4 aromatic carbocycles. The number of aromatic hydroxyl groups is 2. The van der Waals surface area contributed by atoms with E-state index >= 15 is 0 Å². The second-order valence-corrected chi connectivity index (χ2v) is 10.3. The summed E-state index contributed by atoms with van der Waals surface area (Å²) < 4.78 is 89.6. The first kappa shape index (κ1) is 32.1. The van der Waals surface area contributed by atoms with Crippen LogP contribution in [-0.2, 0) is 15.5 Å². The van der Waals surface area contributed by atoms with Gasteiger partial charge in [-0.25, -0.2) is 8.42 Å². The predicted octanol–water partition coefficient (Wildman–Crippen LogP) is 3.23. The number of rotatable bonds is 8. The average Bonchev–Trinajstić information content (AvgIpc) is 2.89. The van der Waals surface area contributed by atoms with Crippen LogP contribution in [0.2, 0.25) is 0 Å². The minimum absolute atomic E-state index is 0. The van der Waals surface area contributed by atoms with Crippen LogP contribution < -0.4 is 56.1 Å². The molecule has 204 valence electrons. The molecule has 0 aliphatic rings. The van der Waals surface area contributed by atoms with Crippen molar-refractivity contribution in [2.75, 3.05) is 0 Å². The Hall–Kier alpha value is -2.45. The third-order valence-electron chi connectivity index (χ3n) is 6.44. The van der Waals surface area contributed by atoms with Gasteiger partial charge in [0.25, 0.3) is 0 Å². The molecule has 0 unspecified atom stereocenters. The number of alkyl halides is 4. The van der Waals surface area contributed by atoms with Crippen molar-refractivity contribution < 1.29 is 96.9 Å². The van der Waals surface area contributed by atoms with Gasteiger partial charge in [-0.1, -0.05) is 60.7 Å². The summed E-state index contributed by atoms with van der Waals surface area (Å²) in [4.78, 5) is 0. The Bertz CT molecular complexity index is 1510. The smallest absolute Gasteiger partial charge is 0.743 e. The minimum Gasteiger partial charge on any atom is -0.743 e. The van der Waals surface area contributed by atoms with E-state index in [-0.39, 0.29) is 62.9 Å². The maximum atomic E-state index is 13.7. The monoisotopic (exact) mass is 600 g/mol. The molecule has 4 rings (SSSR count). The van der Waals surface area contributed by atoms with Crippen LogP contribution in [0.25, 0.3) is 11.1 Å². The van der Waals surface area contributed by atoms with Crippen LogP contribution in [0.1, 0.15) is 23.6 Å². The van der Waals surface area contributed by atoms with Crippen LogP contribution >= 0.6 is 0 Å². The Morgan fingerprint density at radius 2 is 0.975 bits per heavy atom. The SMILES string of the molecule is CC(c1ccc(O)cc1)(c1ccc(O)cc1)c1ccc(-c2ccc(OC(F)(F)C(F)(F)S(=O)(=O)[O-])cc2)cc1.[K+]. The van der Waals surface area contributed by atoms with E-state index in [0.29, 0.717) is 11.1 Å². The molecule has 0 amide bonds. The summed E-state index contributed by atoms with van der Waals surface area (Å²) in [5.74, 6) is -0.563. The van der Waals surface area contributed by atoms with Crippen molar-refractivity contribution in [1.29, 1.82) is 0 Å². The van der Waals surface area contributed by atoms with Crippen molar-refractivity contribution in [3.05, 3.63) is 114 Å². The molecule has 0 saturated carbocycles. The van der Waals surface area contributed by atoms with Crippen molar-refractivity contribution in [3.63, 3.8) is 0 Å². The summed E-state index contributed by atoms with van der Waals surface area (Å²) in [6, 6.07) is 25.1. The second kappa shape index (κ2) is 11.8. The van der Waals surface area contributed by atoms with E-state index in [9.17, 15) is 40.7 Å². The molecule has 2 N–H and O–H groups in total. The number of ether oxygens (including phenoxy) is 1. The van der Waals surface area contributed by atoms with Crippen LogP contribution in [0.4, 0.5) is 17.6 Å². The second-order valence-electron chi connectivity index (χ2n) is 8.91. The summed E-state index contributed by atoms with van der Waals surface area (Å²) in [6.45, 7) is 1.98. The third kappa shape index (κ3) is 6.23. The standard InChI is InChI=1S/C28H22F4O6S.K/c1-26(21-8-12-23(33)13-9-21,22-10-14-24(34)15-11-22)20-6-2-18(3-7-20)19-4-16-25(17-5-19)38-27(29,30)28(31,32)39(35,36)37;/h2-17,33-34H,1H3,(H,35,36,37);/q;+1/p-1. The van der Waals surface area contributed by atoms with Gasteiger partial charge in [-0.3, -0.25) is 0 Å². The van der Waals surface area contributed by atoms with Gasteiger partial charge in [0.2, 0.25) is 0 Å². The first-order valence-electron chi connectivity index (χ1n) is 11.4. The molecule has 0 spiro atoms. The van der Waals surface area contributed by atoms with Gasteiger partial charge in [-0.05, 0) is 71.1 Å². The van der Waals surface area contributed by atoms with E-state index in [1.165, 1.54) is 12.1 Å². The maximum absolute atomic E-state index is 13.7. The number of phenolic OH excluding ortho intramolecular Hbond substituents is 2. The molecule has 0 aliphatic heterocycles. The van der Waals surface area contributed by atoms with Crippen LogP contribution in [-0.4, -0.2) is 34.5 Å². The van der Waals surface area contributed by atoms with Gasteiger partial charge in [0.1, 0.15) is 17.2 Å². The van der Waals surface area contributed by atoms with Gasteiger partial charge in [-0.15, -0.1) is 0 Å². The summed E-state index contributed by atoms with van der Waals surface area (Å²) >= 11 is 0. The van der Waals surface area contributed by atoms with E-state index in [0.717, 1.165) is 28.8 Å². The third-order valence-corrected chi connectivity index (χ3v) is 7.30. The van der Waals surface area contributed by atoms with Gasteiger partial charge >= 0.3 is 62.7 Å². The molecule has 6 nitrogen and oxygen atoms in total. The molecule has 0 saturated heterocycles. The number of phenols is 2. The Balaban J connectivity index is 0.00000441. The largest absolute Gasteiger partial charge is 1.00 e. The Labute approximate surface area is 270 Å². The number of halogens is 4. The zero-order chi connectivity index (χ0) is 28.6. The first-order chi connectivity index (χ1) is 18.1. The van der Waals surface area contributed by atoms with Gasteiger partial charge in [0, 0.05) is 5.41 Å².